The molecule has 3 unspecified atom stereocenters. The van der Waals surface area contributed by atoms with Gasteiger partial charge in [-0.25, -0.2) is 10.2 Å². The first-order valence-electron chi connectivity index (χ1n) is 17.7. The minimum Gasteiger partial charge on any atom is -0.508 e. The molecule has 0 radical (unpaired) electrons. The van der Waals surface area contributed by atoms with Crippen LogP contribution in [0.25, 0.3) is 0 Å². The van der Waals surface area contributed by atoms with E-state index in [4.69, 9.17) is 0 Å². The second kappa shape index (κ2) is 17.6. The van der Waals surface area contributed by atoms with Gasteiger partial charge in [0.15, 0.2) is 0 Å². The summed E-state index contributed by atoms with van der Waals surface area (Å²) in [7, 11) is 0. The van der Waals surface area contributed by atoms with Gasteiger partial charge >= 0.3 is 11.9 Å². The van der Waals surface area contributed by atoms with Crippen molar-refractivity contribution in [1.82, 2.24) is 26.0 Å². The van der Waals surface area contributed by atoms with Crippen LogP contribution in [-0.4, -0.2) is 104 Å². The number of carboxylic acids is 2. The molecule has 286 valence electrons. The third-order valence-electron chi connectivity index (χ3n) is 10.4. The highest BCUT2D eigenvalue weighted by molar-refractivity contribution is 6.38. The quantitative estimate of drug-likeness (QED) is 0.113. The van der Waals surface area contributed by atoms with Crippen LogP contribution in [0.3, 0.4) is 0 Å². The van der Waals surface area contributed by atoms with Gasteiger partial charge in [-0.2, -0.15) is 0 Å². The molecule has 4 amide bonds. The lowest BCUT2D eigenvalue weighted by molar-refractivity contribution is -0.159. The zero-order valence-corrected chi connectivity index (χ0v) is 30.8. The molecule has 3 rings (SSSR count). The average molecular weight is 728 g/mol. The Hall–Kier alpha value is -4.79. The number of aliphatic carboxylic acids is 2. The standard InChI is InChI=1S/C37H53N5O10/c1-20(2)29(32(46)38-27(18-23-10-8-11-25(43)17-23)33(47)42-14-9-12-26(40-42)35(49)50)39-31(45)22(5)16-24-13-15-41(28(19-24)36(51)52)34(48)30(44)37(6,7)21(3)4/h8,10-11,17,21-22,24,26-29,40,43H,1,9,12-16,18-19H2,2-7H3,(H,38,46)(H,39,45)(H,49,50)(H,51,52)/t22?,24?,26?,27-,28-,29-/m0/s1. The molecule has 0 spiro atoms. The minimum absolute atomic E-state index is 0.0409. The Bertz CT molecular complexity index is 1560. The number of carbonyl (C=O) groups excluding carboxylic acids is 5. The van der Waals surface area contributed by atoms with Crippen LogP contribution in [0.15, 0.2) is 36.4 Å². The van der Waals surface area contributed by atoms with Gasteiger partial charge in [-0.3, -0.25) is 33.8 Å². The summed E-state index contributed by atoms with van der Waals surface area (Å²) in [5, 5.41) is 36.0. The van der Waals surface area contributed by atoms with E-state index in [1.165, 1.54) is 19.1 Å². The van der Waals surface area contributed by atoms with Gasteiger partial charge < -0.3 is 30.9 Å². The Morgan fingerprint density at radius 2 is 1.65 bits per heavy atom. The molecule has 2 fully saturated rings. The summed E-state index contributed by atoms with van der Waals surface area (Å²) < 4.78 is 0. The number of likely N-dealkylation sites (tertiary alicyclic amines) is 1. The number of ketones is 1. The van der Waals surface area contributed by atoms with E-state index in [1.807, 2.05) is 13.8 Å². The maximum atomic E-state index is 13.7. The van der Waals surface area contributed by atoms with Crippen LogP contribution in [-0.2, 0) is 40.0 Å². The van der Waals surface area contributed by atoms with Crippen LogP contribution in [0.1, 0.15) is 79.2 Å². The molecule has 15 heteroatoms. The number of Topliss-reactive ketones (excluding diaryl/α,β-unsaturated/α-hetero) is 1. The number of nitrogens with zero attached hydrogens (tertiary/aromatic N) is 2. The molecule has 0 aliphatic carbocycles. The molecule has 2 aliphatic rings. The van der Waals surface area contributed by atoms with Crippen LogP contribution >= 0.6 is 0 Å². The van der Waals surface area contributed by atoms with Crippen molar-refractivity contribution in [1.29, 1.82) is 0 Å². The number of aromatic hydroxyl groups is 1. The lowest BCUT2D eigenvalue weighted by atomic mass is 9.76. The molecule has 2 heterocycles. The highest BCUT2D eigenvalue weighted by atomic mass is 16.4. The Morgan fingerprint density at radius 3 is 2.23 bits per heavy atom. The molecule has 1 aromatic rings. The number of rotatable bonds is 15. The summed E-state index contributed by atoms with van der Waals surface area (Å²) in [5.41, 5.74) is 2.52. The topological polar surface area (TPSA) is 223 Å². The van der Waals surface area contributed by atoms with E-state index in [0.717, 1.165) is 9.91 Å². The summed E-state index contributed by atoms with van der Waals surface area (Å²) in [6.45, 7) is 14.2. The second-order valence-electron chi connectivity index (χ2n) is 15.0. The van der Waals surface area contributed by atoms with Gasteiger partial charge in [-0.1, -0.05) is 53.3 Å². The van der Waals surface area contributed by atoms with Crippen LogP contribution < -0.4 is 16.1 Å². The molecule has 2 saturated heterocycles. The van der Waals surface area contributed by atoms with Crippen molar-refractivity contribution in [2.45, 2.75) is 104 Å². The van der Waals surface area contributed by atoms with Gasteiger partial charge in [-0.15, -0.1) is 0 Å². The number of phenolic OH excluding ortho intramolecular Hbond substituents is 1. The van der Waals surface area contributed by atoms with E-state index in [0.29, 0.717) is 24.8 Å². The lowest BCUT2D eigenvalue weighted by Gasteiger charge is -2.39. The van der Waals surface area contributed by atoms with Crippen molar-refractivity contribution >= 4 is 41.4 Å². The number of piperidine rings is 1. The molecule has 1 aromatic carbocycles. The van der Waals surface area contributed by atoms with Gasteiger partial charge in [0.05, 0.1) is 0 Å². The van der Waals surface area contributed by atoms with E-state index >= 15 is 0 Å². The van der Waals surface area contributed by atoms with Gasteiger partial charge in [0.25, 0.3) is 11.8 Å². The highest BCUT2D eigenvalue weighted by Gasteiger charge is 2.44. The van der Waals surface area contributed by atoms with E-state index in [2.05, 4.69) is 22.6 Å². The minimum atomic E-state index is -1.25. The van der Waals surface area contributed by atoms with Crippen LogP contribution in [0, 0.1) is 23.2 Å². The Morgan fingerprint density at radius 1 is 0.981 bits per heavy atom. The summed E-state index contributed by atoms with van der Waals surface area (Å²) in [6.07, 6.45) is 1.35. The van der Waals surface area contributed by atoms with E-state index in [9.17, 15) is 48.9 Å². The van der Waals surface area contributed by atoms with Crippen molar-refractivity contribution in [2.75, 3.05) is 13.1 Å². The van der Waals surface area contributed by atoms with E-state index < -0.39 is 76.9 Å². The zero-order chi connectivity index (χ0) is 39.1. The molecule has 6 atom stereocenters. The average Bonchev–Trinajstić information content (AvgIpc) is 3.08. The first kappa shape index (κ1) is 41.6. The van der Waals surface area contributed by atoms with Crippen molar-refractivity contribution in [3.05, 3.63) is 42.0 Å². The van der Waals surface area contributed by atoms with Crippen LogP contribution in [0.2, 0.25) is 0 Å². The molecule has 6 N–H and O–H groups in total. The summed E-state index contributed by atoms with van der Waals surface area (Å²) >= 11 is 0. The third-order valence-corrected chi connectivity index (χ3v) is 10.4. The number of hydrogen-bond donors (Lipinski definition) is 6. The van der Waals surface area contributed by atoms with Crippen molar-refractivity contribution in [3.63, 3.8) is 0 Å². The molecule has 2 aliphatic heterocycles. The van der Waals surface area contributed by atoms with Crippen molar-refractivity contribution in [3.8, 4) is 5.75 Å². The molecule has 0 saturated carbocycles. The van der Waals surface area contributed by atoms with E-state index in [-0.39, 0.29) is 55.5 Å². The highest BCUT2D eigenvalue weighted by Crippen LogP contribution is 2.32. The number of hydrazine groups is 1. The Kier molecular flexibility index (Phi) is 14.1. The number of carboxylic acid groups (broad SMARTS) is 2. The van der Waals surface area contributed by atoms with Crippen LogP contribution in [0.4, 0.5) is 0 Å². The predicted octanol–water partition coefficient (Wildman–Crippen LogP) is 2.03. The summed E-state index contributed by atoms with van der Waals surface area (Å²) in [5.74, 6) is -6.83. The number of phenols is 1. The van der Waals surface area contributed by atoms with Crippen LogP contribution in [0.5, 0.6) is 5.75 Å². The third kappa shape index (κ3) is 10.4. The second-order valence-corrected chi connectivity index (χ2v) is 15.0. The Balaban J connectivity index is 1.71. The predicted molar refractivity (Wildman–Crippen MR) is 189 cm³/mol. The Labute approximate surface area is 304 Å². The monoisotopic (exact) mass is 727 g/mol. The largest absolute Gasteiger partial charge is 0.508 e. The number of amides is 4. The van der Waals surface area contributed by atoms with Gasteiger partial charge in [-0.05, 0) is 74.1 Å². The molecule has 52 heavy (non-hydrogen) atoms. The van der Waals surface area contributed by atoms with Gasteiger partial charge in [0, 0.05) is 30.8 Å². The fourth-order valence-electron chi connectivity index (χ4n) is 6.39. The number of hydrogen-bond acceptors (Lipinski definition) is 9. The molecular weight excluding hydrogens is 674 g/mol. The number of carbonyl (C=O) groups is 7. The number of nitrogens with one attached hydrogen (secondary N) is 3. The van der Waals surface area contributed by atoms with Crippen molar-refractivity contribution < 1.29 is 48.9 Å². The molecule has 15 nitrogen and oxygen atoms in total. The summed E-state index contributed by atoms with van der Waals surface area (Å²) in [4.78, 5) is 92.0. The fourth-order valence-corrected chi connectivity index (χ4v) is 6.39. The maximum absolute atomic E-state index is 13.7. The smallest absolute Gasteiger partial charge is 0.326 e. The maximum Gasteiger partial charge on any atom is 0.326 e. The normalized spacial score (nSPS) is 21.0. The summed E-state index contributed by atoms with van der Waals surface area (Å²) in [6, 6.07) is 1.46. The first-order valence-corrected chi connectivity index (χ1v) is 17.7. The van der Waals surface area contributed by atoms with E-state index in [1.54, 1.807) is 32.9 Å². The first-order chi connectivity index (χ1) is 24.2. The molecular formula is C37H53N5O10. The van der Waals surface area contributed by atoms with Crippen molar-refractivity contribution in [2.24, 2.45) is 23.2 Å². The number of benzene rings is 1. The fraction of sp³-hybridized carbons (Fsp3) is 0.595. The molecule has 0 aromatic heterocycles. The lowest BCUT2D eigenvalue weighted by Crippen LogP contribution is -2.61. The molecule has 0 bridgehead atoms. The SMILES string of the molecule is C=C(C)[C@H](NC(=O)C(C)CC1CCN(C(=O)C(=O)C(C)(C)C(C)C)[C@H](C(=O)O)C1)C(=O)N[C@@H](Cc1cccc(O)c1)C(=O)N1CCCC(C(=O)O)N1. The van der Waals surface area contributed by atoms with Gasteiger partial charge in [0.2, 0.25) is 17.6 Å². The zero-order valence-electron chi connectivity index (χ0n) is 30.8. The van der Waals surface area contributed by atoms with Gasteiger partial charge in [0.1, 0.15) is 29.9 Å².